The lowest BCUT2D eigenvalue weighted by Crippen LogP contribution is -2.15. The summed E-state index contributed by atoms with van der Waals surface area (Å²) < 4.78 is 18.1. The quantitative estimate of drug-likeness (QED) is 0.702. The topological polar surface area (TPSA) is 72.5 Å². The molecule has 0 atom stereocenters. The number of hydrogen-bond donors (Lipinski definition) is 2. The van der Waals surface area contributed by atoms with Gasteiger partial charge in [0, 0.05) is 0 Å². The Balaban J connectivity index is 3.32. The van der Waals surface area contributed by atoms with Crippen LogP contribution < -0.4 is 10.5 Å². The van der Waals surface area contributed by atoms with Gasteiger partial charge in [-0.15, -0.1) is 0 Å². The highest BCUT2D eigenvalue weighted by Crippen LogP contribution is 2.27. The van der Waals surface area contributed by atoms with Gasteiger partial charge in [-0.05, 0) is 12.1 Å². The van der Waals surface area contributed by atoms with Gasteiger partial charge in [-0.1, -0.05) is 0 Å². The molecule has 1 aromatic carbocycles. The van der Waals surface area contributed by atoms with Gasteiger partial charge < -0.3 is 15.6 Å². The standard InChI is InChI=1S/C9H10FNO3/c1-14-7-3-2-5(12)8(9(7)10)6(13)4-11/h2-3,12H,4,11H2,1H3. The second kappa shape index (κ2) is 4.06. The van der Waals surface area contributed by atoms with Crippen LogP contribution in [0.4, 0.5) is 4.39 Å². The van der Waals surface area contributed by atoms with Crippen LogP contribution >= 0.6 is 0 Å². The van der Waals surface area contributed by atoms with Crippen LogP contribution in [0.2, 0.25) is 0 Å². The zero-order valence-electron chi connectivity index (χ0n) is 7.58. The Hall–Kier alpha value is -1.62. The summed E-state index contributed by atoms with van der Waals surface area (Å²) in [5.74, 6) is -2.08. The molecule has 0 amide bonds. The molecule has 0 aliphatic rings. The van der Waals surface area contributed by atoms with Crippen molar-refractivity contribution in [3.05, 3.63) is 23.5 Å². The van der Waals surface area contributed by atoms with Crippen LogP contribution in [0.5, 0.6) is 11.5 Å². The normalized spacial score (nSPS) is 9.93. The van der Waals surface area contributed by atoms with Crippen molar-refractivity contribution in [1.29, 1.82) is 0 Å². The van der Waals surface area contributed by atoms with Crippen LogP contribution in [0.3, 0.4) is 0 Å². The van der Waals surface area contributed by atoms with Crippen molar-refractivity contribution in [1.82, 2.24) is 0 Å². The largest absolute Gasteiger partial charge is 0.507 e. The van der Waals surface area contributed by atoms with Gasteiger partial charge in [-0.3, -0.25) is 4.79 Å². The number of carbonyl (C=O) groups is 1. The number of aromatic hydroxyl groups is 1. The van der Waals surface area contributed by atoms with Crippen LogP contribution in [0.25, 0.3) is 0 Å². The maximum Gasteiger partial charge on any atom is 0.183 e. The molecule has 0 unspecified atom stereocenters. The monoisotopic (exact) mass is 199 g/mol. The van der Waals surface area contributed by atoms with E-state index in [-0.39, 0.29) is 12.3 Å². The van der Waals surface area contributed by atoms with E-state index in [2.05, 4.69) is 4.74 Å². The predicted octanol–water partition coefficient (Wildman–Crippen LogP) is 0.681. The highest BCUT2D eigenvalue weighted by atomic mass is 19.1. The van der Waals surface area contributed by atoms with E-state index >= 15 is 0 Å². The predicted molar refractivity (Wildman–Crippen MR) is 48.0 cm³/mol. The van der Waals surface area contributed by atoms with Gasteiger partial charge in [0.15, 0.2) is 17.3 Å². The first kappa shape index (κ1) is 10.5. The molecule has 0 saturated carbocycles. The number of ketones is 1. The summed E-state index contributed by atoms with van der Waals surface area (Å²) >= 11 is 0. The maximum atomic E-state index is 13.4. The lowest BCUT2D eigenvalue weighted by Gasteiger charge is -2.07. The number of benzene rings is 1. The number of carbonyl (C=O) groups excluding carboxylic acids is 1. The van der Waals surface area contributed by atoms with E-state index < -0.39 is 22.9 Å². The summed E-state index contributed by atoms with van der Waals surface area (Å²) in [4.78, 5) is 11.1. The third-order valence-corrected chi connectivity index (χ3v) is 1.77. The molecule has 0 radical (unpaired) electrons. The molecular formula is C9H10FNO3. The third kappa shape index (κ3) is 1.67. The molecule has 0 aromatic heterocycles. The molecule has 0 fully saturated rings. The fraction of sp³-hybridized carbons (Fsp3) is 0.222. The van der Waals surface area contributed by atoms with Gasteiger partial charge in [-0.2, -0.15) is 0 Å². The van der Waals surface area contributed by atoms with E-state index in [0.29, 0.717) is 0 Å². The Kier molecular flexibility index (Phi) is 3.03. The molecule has 0 bridgehead atoms. The molecular weight excluding hydrogens is 189 g/mol. The maximum absolute atomic E-state index is 13.4. The van der Waals surface area contributed by atoms with Crippen molar-refractivity contribution in [3.8, 4) is 11.5 Å². The van der Waals surface area contributed by atoms with Crippen molar-refractivity contribution >= 4 is 5.78 Å². The van der Waals surface area contributed by atoms with Crippen molar-refractivity contribution in [2.75, 3.05) is 13.7 Å². The fourth-order valence-corrected chi connectivity index (χ4v) is 1.07. The minimum Gasteiger partial charge on any atom is -0.507 e. The van der Waals surface area contributed by atoms with Crippen molar-refractivity contribution in [2.45, 2.75) is 0 Å². The molecule has 76 valence electrons. The second-order valence-corrected chi connectivity index (χ2v) is 2.60. The van der Waals surface area contributed by atoms with Gasteiger partial charge >= 0.3 is 0 Å². The first-order valence-electron chi connectivity index (χ1n) is 3.90. The molecule has 0 aliphatic carbocycles. The highest BCUT2D eigenvalue weighted by Gasteiger charge is 2.19. The number of phenols is 1. The van der Waals surface area contributed by atoms with Gasteiger partial charge in [0.05, 0.1) is 13.7 Å². The lowest BCUT2D eigenvalue weighted by atomic mass is 10.1. The number of halogens is 1. The Morgan fingerprint density at radius 2 is 2.29 bits per heavy atom. The number of methoxy groups -OCH3 is 1. The van der Waals surface area contributed by atoms with Gasteiger partial charge in [-0.25, -0.2) is 4.39 Å². The minimum atomic E-state index is -0.886. The lowest BCUT2D eigenvalue weighted by molar-refractivity contribution is 0.0994. The molecule has 14 heavy (non-hydrogen) atoms. The summed E-state index contributed by atoms with van der Waals surface area (Å²) in [5, 5.41) is 9.24. The van der Waals surface area contributed by atoms with E-state index in [9.17, 15) is 14.3 Å². The minimum absolute atomic E-state index is 0.0976. The van der Waals surface area contributed by atoms with Gasteiger partial charge in [0.2, 0.25) is 0 Å². The summed E-state index contributed by atoms with van der Waals surface area (Å²) in [6.07, 6.45) is 0. The second-order valence-electron chi connectivity index (χ2n) is 2.60. The average molecular weight is 199 g/mol. The zero-order chi connectivity index (χ0) is 10.7. The number of hydrogen-bond acceptors (Lipinski definition) is 4. The summed E-state index contributed by atoms with van der Waals surface area (Å²) in [6, 6.07) is 2.42. The number of ether oxygens (including phenoxy) is 1. The average Bonchev–Trinajstić information content (AvgIpc) is 2.18. The number of phenolic OH excluding ortho intramolecular Hbond substituents is 1. The van der Waals surface area contributed by atoms with Crippen LogP contribution in [0, 0.1) is 5.82 Å². The Morgan fingerprint density at radius 1 is 1.64 bits per heavy atom. The van der Waals surface area contributed by atoms with E-state index in [1.54, 1.807) is 0 Å². The van der Waals surface area contributed by atoms with Gasteiger partial charge in [0.1, 0.15) is 11.3 Å². The van der Waals surface area contributed by atoms with E-state index in [1.165, 1.54) is 19.2 Å². The molecule has 0 heterocycles. The Labute approximate surface area is 80.1 Å². The summed E-state index contributed by atoms with van der Waals surface area (Å²) in [5.41, 5.74) is 4.64. The molecule has 4 nitrogen and oxygen atoms in total. The number of nitrogens with two attached hydrogens (primary N) is 1. The number of rotatable bonds is 3. The smallest absolute Gasteiger partial charge is 0.183 e. The first-order valence-corrected chi connectivity index (χ1v) is 3.90. The van der Waals surface area contributed by atoms with Crippen molar-refractivity contribution < 1.29 is 19.0 Å². The molecule has 0 spiro atoms. The Morgan fingerprint density at radius 3 is 2.79 bits per heavy atom. The molecule has 1 aromatic rings. The first-order chi connectivity index (χ1) is 6.61. The zero-order valence-corrected chi connectivity index (χ0v) is 7.58. The van der Waals surface area contributed by atoms with E-state index in [4.69, 9.17) is 5.73 Å². The SMILES string of the molecule is COc1ccc(O)c(C(=O)CN)c1F. The number of Topliss-reactive ketones (excluding diaryl/α,β-unsaturated/α-hetero) is 1. The van der Waals surface area contributed by atoms with E-state index in [1.807, 2.05) is 0 Å². The van der Waals surface area contributed by atoms with E-state index in [0.717, 1.165) is 0 Å². The van der Waals surface area contributed by atoms with Crippen LogP contribution in [0.15, 0.2) is 12.1 Å². The third-order valence-electron chi connectivity index (χ3n) is 1.77. The molecule has 0 saturated heterocycles. The van der Waals surface area contributed by atoms with Crippen molar-refractivity contribution in [2.24, 2.45) is 5.73 Å². The van der Waals surface area contributed by atoms with Crippen LogP contribution in [0.1, 0.15) is 10.4 Å². The summed E-state index contributed by atoms with van der Waals surface area (Å²) in [7, 11) is 1.27. The van der Waals surface area contributed by atoms with Crippen molar-refractivity contribution in [3.63, 3.8) is 0 Å². The summed E-state index contributed by atoms with van der Waals surface area (Å²) in [6.45, 7) is -0.363. The molecule has 5 heteroatoms. The van der Waals surface area contributed by atoms with Gasteiger partial charge in [0.25, 0.3) is 0 Å². The van der Waals surface area contributed by atoms with Crippen LogP contribution in [-0.4, -0.2) is 24.5 Å². The fourth-order valence-electron chi connectivity index (χ4n) is 1.07. The Bertz CT molecular complexity index is 365. The highest BCUT2D eigenvalue weighted by molar-refractivity contribution is 6.00. The molecule has 1 rings (SSSR count). The molecule has 3 N–H and O–H groups in total. The molecule has 0 aliphatic heterocycles. The van der Waals surface area contributed by atoms with Crippen LogP contribution in [-0.2, 0) is 0 Å².